The quantitative estimate of drug-likeness (QED) is 0.205. The summed E-state index contributed by atoms with van der Waals surface area (Å²) in [7, 11) is 0. The monoisotopic (exact) mass is 390 g/mol. The van der Waals surface area contributed by atoms with Gasteiger partial charge in [-0.3, -0.25) is 0 Å². The predicted octanol–water partition coefficient (Wildman–Crippen LogP) is 9.00. The van der Waals surface area contributed by atoms with E-state index in [0.717, 1.165) is 36.8 Å². The molecule has 0 aromatic carbocycles. The molecule has 154 valence electrons. The predicted molar refractivity (Wildman–Crippen MR) is 130 cm³/mol. The third kappa shape index (κ3) is 10.3. The zero-order valence-corrected chi connectivity index (χ0v) is 18.2. The van der Waals surface area contributed by atoms with Gasteiger partial charge in [-0.2, -0.15) is 0 Å². The fourth-order valence-electron chi connectivity index (χ4n) is 2.27. The van der Waals surface area contributed by atoms with Crippen LogP contribution in [0.25, 0.3) is 0 Å². The topological polar surface area (TPSA) is 0 Å². The van der Waals surface area contributed by atoms with Crippen LogP contribution in [0.1, 0.15) is 39.5 Å². The molecule has 0 aliphatic carbocycles. The normalized spacial score (nSPS) is 12.2. The first-order valence-corrected chi connectivity index (χ1v) is 9.72. The Morgan fingerprint density at radius 3 is 1.72 bits per heavy atom. The van der Waals surface area contributed by atoms with E-state index >= 15 is 0 Å². The highest BCUT2D eigenvalue weighted by Crippen LogP contribution is 2.28. The summed E-state index contributed by atoms with van der Waals surface area (Å²) in [6.07, 6.45) is 16.7. The van der Waals surface area contributed by atoms with Crippen molar-refractivity contribution in [3.05, 3.63) is 133 Å². The van der Waals surface area contributed by atoms with Gasteiger partial charge >= 0.3 is 0 Å². The molecule has 0 fully saturated rings. The highest BCUT2D eigenvalue weighted by Gasteiger charge is 2.12. The lowest BCUT2D eigenvalue weighted by atomic mass is 9.96. The molecule has 0 bridgehead atoms. The van der Waals surface area contributed by atoms with Crippen molar-refractivity contribution >= 4 is 0 Å². The Labute approximate surface area is 177 Å². The number of halogens is 1. The molecule has 0 nitrogen and oxygen atoms in total. The van der Waals surface area contributed by atoms with Gasteiger partial charge in [-0.25, -0.2) is 4.39 Å². The van der Waals surface area contributed by atoms with Crippen molar-refractivity contribution in [1.29, 1.82) is 0 Å². The minimum atomic E-state index is -0.442. The van der Waals surface area contributed by atoms with Crippen LogP contribution in [-0.4, -0.2) is 0 Å². The number of hydrogen-bond donors (Lipinski definition) is 0. The lowest BCUT2D eigenvalue weighted by Crippen LogP contribution is -1.94. The molecule has 0 heterocycles. The van der Waals surface area contributed by atoms with E-state index in [1.54, 1.807) is 13.0 Å². The molecular formula is C28H35F. The summed E-state index contributed by atoms with van der Waals surface area (Å²) in [5, 5.41) is 0. The van der Waals surface area contributed by atoms with Gasteiger partial charge in [0, 0.05) is 5.57 Å². The van der Waals surface area contributed by atoms with Gasteiger partial charge in [0.25, 0.3) is 0 Å². The first kappa shape index (κ1) is 26.1. The van der Waals surface area contributed by atoms with Gasteiger partial charge in [0.1, 0.15) is 5.83 Å². The lowest BCUT2D eigenvalue weighted by molar-refractivity contribution is 0.646. The minimum Gasteiger partial charge on any atom is -0.206 e. The van der Waals surface area contributed by atoms with Crippen LogP contribution < -0.4 is 0 Å². The summed E-state index contributed by atoms with van der Waals surface area (Å²) in [6.45, 7) is 31.0. The van der Waals surface area contributed by atoms with Crippen molar-refractivity contribution in [3.63, 3.8) is 0 Å². The molecule has 0 aliphatic rings. The average Bonchev–Trinajstić information content (AvgIpc) is 2.72. The van der Waals surface area contributed by atoms with Gasteiger partial charge in [0.15, 0.2) is 0 Å². The van der Waals surface area contributed by atoms with E-state index in [9.17, 15) is 4.39 Å². The summed E-state index contributed by atoms with van der Waals surface area (Å²) in [4.78, 5) is 0. The van der Waals surface area contributed by atoms with E-state index in [4.69, 9.17) is 0 Å². The van der Waals surface area contributed by atoms with Crippen LogP contribution in [0.15, 0.2) is 133 Å². The van der Waals surface area contributed by atoms with Crippen molar-refractivity contribution in [1.82, 2.24) is 0 Å². The maximum atomic E-state index is 14.9. The Morgan fingerprint density at radius 1 is 0.759 bits per heavy atom. The summed E-state index contributed by atoms with van der Waals surface area (Å²) in [5.74, 6) is -0.442. The Kier molecular flexibility index (Phi) is 12.7. The number of allylic oxidation sites excluding steroid dienone is 15. The van der Waals surface area contributed by atoms with E-state index in [1.807, 2.05) is 37.3 Å². The molecule has 0 aromatic heterocycles. The van der Waals surface area contributed by atoms with Crippen LogP contribution in [0, 0.1) is 0 Å². The van der Waals surface area contributed by atoms with Crippen molar-refractivity contribution in [2.45, 2.75) is 39.5 Å². The molecule has 0 aromatic rings. The number of rotatable bonds is 14. The van der Waals surface area contributed by atoms with Crippen molar-refractivity contribution in [2.75, 3.05) is 0 Å². The first-order chi connectivity index (χ1) is 13.6. The zero-order valence-electron chi connectivity index (χ0n) is 18.2. The molecule has 0 spiro atoms. The summed E-state index contributed by atoms with van der Waals surface area (Å²) in [5.41, 5.74) is 4.18. The van der Waals surface area contributed by atoms with Gasteiger partial charge < -0.3 is 0 Å². The molecule has 0 atom stereocenters. The van der Waals surface area contributed by atoms with E-state index < -0.39 is 5.83 Å². The van der Waals surface area contributed by atoms with Gasteiger partial charge in [-0.05, 0) is 61.8 Å². The first-order valence-electron chi connectivity index (χ1n) is 9.72. The lowest BCUT2D eigenvalue weighted by Gasteiger charge is -2.11. The van der Waals surface area contributed by atoms with Crippen LogP contribution in [0.3, 0.4) is 0 Å². The minimum absolute atomic E-state index is 0.226. The van der Waals surface area contributed by atoms with E-state index in [2.05, 4.69) is 52.1 Å². The third-order valence-corrected chi connectivity index (χ3v) is 4.40. The standard InChI is InChI=1S/C28H35F/c1-10-12-14-16-22(4)17-19-23(5)25(7)27(9)28(29)26(8)24(6)20-18-21(3)15-13-11-2/h10-12,17-20H,2-8,13-16H2,1,9H3/b12-10-,19-17-,20-18-,28-27+. The second-order valence-electron chi connectivity index (χ2n) is 6.86. The van der Waals surface area contributed by atoms with Crippen molar-refractivity contribution in [3.8, 4) is 0 Å². The highest BCUT2D eigenvalue weighted by atomic mass is 19.1. The maximum Gasteiger partial charge on any atom is 0.133 e. The largest absolute Gasteiger partial charge is 0.206 e. The van der Waals surface area contributed by atoms with Gasteiger partial charge in [0.2, 0.25) is 0 Å². The van der Waals surface area contributed by atoms with E-state index in [0.29, 0.717) is 22.3 Å². The van der Waals surface area contributed by atoms with Gasteiger partial charge in [-0.15, -0.1) is 6.58 Å². The van der Waals surface area contributed by atoms with Crippen molar-refractivity contribution in [2.24, 2.45) is 0 Å². The fraction of sp³-hybridized carbons (Fsp3) is 0.214. The summed E-state index contributed by atoms with van der Waals surface area (Å²) >= 11 is 0. The van der Waals surface area contributed by atoms with E-state index in [-0.39, 0.29) is 5.57 Å². The molecule has 0 rings (SSSR count). The molecule has 0 aliphatic heterocycles. The maximum absolute atomic E-state index is 14.9. The molecule has 0 saturated carbocycles. The second kappa shape index (κ2) is 14.1. The molecule has 0 saturated heterocycles. The van der Waals surface area contributed by atoms with Crippen LogP contribution in [0.5, 0.6) is 0 Å². The highest BCUT2D eigenvalue weighted by molar-refractivity contribution is 5.56. The van der Waals surface area contributed by atoms with Crippen molar-refractivity contribution < 1.29 is 4.39 Å². The molecule has 29 heavy (non-hydrogen) atoms. The Bertz CT molecular complexity index is 803. The van der Waals surface area contributed by atoms with Gasteiger partial charge in [-0.1, -0.05) is 93.2 Å². The summed E-state index contributed by atoms with van der Waals surface area (Å²) < 4.78 is 14.9. The van der Waals surface area contributed by atoms with Crippen LogP contribution in [0.4, 0.5) is 4.39 Å². The Morgan fingerprint density at radius 2 is 1.24 bits per heavy atom. The van der Waals surface area contributed by atoms with Crippen LogP contribution in [-0.2, 0) is 0 Å². The zero-order chi connectivity index (χ0) is 22.4. The smallest absolute Gasteiger partial charge is 0.133 e. The van der Waals surface area contributed by atoms with E-state index in [1.165, 1.54) is 0 Å². The Balaban J connectivity index is 5.07. The third-order valence-electron chi connectivity index (χ3n) is 4.40. The molecule has 1 heteroatoms. The average molecular weight is 391 g/mol. The molecule has 0 unspecified atom stereocenters. The molecule has 0 radical (unpaired) electrons. The molecule has 0 N–H and O–H groups in total. The Hall–Kier alpha value is -2.93. The molecular weight excluding hydrogens is 355 g/mol. The second-order valence-corrected chi connectivity index (χ2v) is 6.86. The van der Waals surface area contributed by atoms with Crippen LogP contribution >= 0.6 is 0 Å². The SMILES string of the molecule is C=CCCC(=C)/C=C\C(=C)C(=C)/C(F)=C(/C)C(=C)C(=C)/C=C\C(=C)CC/C=C\C. The fourth-order valence-corrected chi connectivity index (χ4v) is 2.27. The number of hydrogen-bond acceptors (Lipinski definition) is 0. The summed E-state index contributed by atoms with van der Waals surface area (Å²) in [6, 6.07) is 0. The van der Waals surface area contributed by atoms with Crippen LogP contribution in [0.2, 0.25) is 0 Å². The molecule has 0 amide bonds. The van der Waals surface area contributed by atoms with Gasteiger partial charge in [0.05, 0.1) is 0 Å².